The van der Waals surface area contributed by atoms with Crippen molar-refractivity contribution in [2.75, 3.05) is 0 Å². The first-order valence-corrected chi connectivity index (χ1v) is 11.6. The number of carbonyl (C=O) groups excluding carboxylic acids is 1. The molecule has 0 spiro atoms. The number of ether oxygens (including phenoxy) is 1. The van der Waals surface area contributed by atoms with E-state index < -0.39 is 0 Å². The average Bonchev–Trinajstić information content (AvgIpc) is 3.34. The number of hydrogen-bond acceptors (Lipinski definition) is 4. The second-order valence-electron chi connectivity index (χ2n) is 8.23. The zero-order chi connectivity index (χ0) is 22.0. The molecule has 0 bridgehead atoms. The zero-order valence-electron chi connectivity index (χ0n) is 19.0. The van der Waals surface area contributed by atoms with Crippen LogP contribution in [0.5, 0.6) is 5.75 Å². The highest BCUT2D eigenvalue weighted by Crippen LogP contribution is 2.34. The third-order valence-electron chi connectivity index (χ3n) is 6.12. The van der Waals surface area contributed by atoms with E-state index in [1.54, 1.807) is 0 Å². The number of esters is 1. The molecule has 0 saturated heterocycles. The Morgan fingerprint density at radius 3 is 2.61 bits per heavy atom. The predicted molar refractivity (Wildman–Crippen MR) is 125 cm³/mol. The van der Waals surface area contributed by atoms with Crippen LogP contribution < -0.4 is 4.74 Å². The lowest BCUT2D eigenvalue weighted by Gasteiger charge is -2.16. The Balaban J connectivity index is 1.97. The van der Waals surface area contributed by atoms with Crippen molar-refractivity contribution in [1.29, 1.82) is 0 Å². The molecule has 164 valence electrons. The van der Waals surface area contributed by atoms with Crippen molar-refractivity contribution in [2.45, 2.75) is 72.8 Å². The molecule has 6 heteroatoms. The summed E-state index contributed by atoms with van der Waals surface area (Å²) in [6.07, 6.45) is 7.79. The van der Waals surface area contributed by atoms with E-state index in [1.165, 1.54) is 19.3 Å². The van der Waals surface area contributed by atoms with E-state index in [1.807, 2.05) is 31.3 Å². The Morgan fingerprint density at radius 2 is 1.90 bits per heavy atom. The molecule has 0 aliphatic rings. The Labute approximate surface area is 183 Å². The summed E-state index contributed by atoms with van der Waals surface area (Å²) in [4.78, 5) is 22.2. The van der Waals surface area contributed by atoms with Gasteiger partial charge in [-0.25, -0.2) is 9.97 Å². The minimum Gasteiger partial charge on any atom is -0.424 e. The second-order valence-corrected chi connectivity index (χ2v) is 8.23. The van der Waals surface area contributed by atoms with E-state index in [-0.39, 0.29) is 5.97 Å². The molecule has 0 radical (unpaired) electrons. The molecule has 0 unspecified atom stereocenters. The number of hydrogen-bond donors (Lipinski definition) is 0. The molecule has 0 fully saturated rings. The Morgan fingerprint density at radius 1 is 1.10 bits per heavy atom. The monoisotopic (exact) mass is 420 g/mol. The maximum Gasteiger partial charge on any atom is 0.310 e. The number of nitrogens with zero attached hydrogens (tertiary/aromatic N) is 4. The van der Waals surface area contributed by atoms with Gasteiger partial charge in [0.2, 0.25) is 0 Å². The van der Waals surface area contributed by atoms with Gasteiger partial charge in [-0.2, -0.15) is 0 Å². The number of para-hydroxylation sites is 2. The summed E-state index contributed by atoms with van der Waals surface area (Å²) >= 11 is 0. The first kappa shape index (κ1) is 21.3. The number of benzene rings is 1. The first-order valence-electron chi connectivity index (χ1n) is 11.6. The molecule has 0 saturated carbocycles. The Kier molecular flexibility index (Phi) is 6.25. The van der Waals surface area contributed by atoms with Crippen LogP contribution in [0.1, 0.15) is 65.6 Å². The van der Waals surface area contributed by atoms with Gasteiger partial charge in [-0.3, -0.25) is 9.20 Å². The lowest BCUT2D eigenvalue weighted by molar-refractivity contribution is -0.133. The summed E-state index contributed by atoms with van der Waals surface area (Å²) in [6.45, 7) is 9.27. The summed E-state index contributed by atoms with van der Waals surface area (Å²) in [5.41, 5.74) is 3.61. The van der Waals surface area contributed by atoms with Gasteiger partial charge in [-0.15, -0.1) is 0 Å². The third kappa shape index (κ3) is 3.91. The van der Waals surface area contributed by atoms with Gasteiger partial charge in [-0.05, 0) is 24.5 Å². The van der Waals surface area contributed by atoms with Gasteiger partial charge in [-0.1, -0.05) is 59.1 Å². The summed E-state index contributed by atoms with van der Waals surface area (Å²) in [6, 6.07) is 8.09. The SMILES string of the molecule is CCCC[C@H](CC)Cn1cc(OC(=O)CC)c2c1nc(CC)n1c3ccccc3nc21. The molecular formula is C25H32N4O2. The van der Waals surface area contributed by atoms with Crippen molar-refractivity contribution in [2.24, 2.45) is 5.92 Å². The molecule has 1 aromatic carbocycles. The first-order chi connectivity index (χ1) is 15.1. The number of rotatable bonds is 9. The van der Waals surface area contributed by atoms with Crippen LogP contribution in [-0.2, 0) is 17.8 Å². The second kappa shape index (κ2) is 9.08. The quantitative estimate of drug-likeness (QED) is 0.315. The van der Waals surface area contributed by atoms with Crippen molar-refractivity contribution in [3.63, 3.8) is 0 Å². The summed E-state index contributed by atoms with van der Waals surface area (Å²) in [5, 5.41) is 0.820. The number of unbranched alkanes of at least 4 members (excludes halogenated alkanes) is 1. The standard InChI is InChI=1S/C25H32N4O2/c1-5-9-12-17(6-2)15-28-16-20(31-22(30)8-4)23-24(28)27-21(7-3)29-19-14-11-10-13-18(19)26-25(23)29/h10-11,13-14,16-17H,5-9,12,15H2,1-4H3/t17-/m0/s1. The molecule has 0 N–H and O–H groups in total. The van der Waals surface area contributed by atoms with Gasteiger partial charge in [0.25, 0.3) is 0 Å². The zero-order valence-corrected chi connectivity index (χ0v) is 19.0. The smallest absolute Gasteiger partial charge is 0.310 e. The molecule has 6 nitrogen and oxygen atoms in total. The van der Waals surface area contributed by atoms with Crippen LogP contribution in [0.15, 0.2) is 30.5 Å². The van der Waals surface area contributed by atoms with Gasteiger partial charge < -0.3 is 9.30 Å². The van der Waals surface area contributed by atoms with Gasteiger partial charge in [0.05, 0.1) is 11.0 Å². The molecule has 3 aromatic heterocycles. The normalized spacial score (nSPS) is 12.8. The topological polar surface area (TPSA) is 61.4 Å². The van der Waals surface area contributed by atoms with Gasteiger partial charge >= 0.3 is 5.97 Å². The van der Waals surface area contributed by atoms with Gasteiger partial charge in [0, 0.05) is 25.6 Å². The van der Waals surface area contributed by atoms with E-state index in [4.69, 9.17) is 14.7 Å². The molecular weight excluding hydrogens is 388 g/mol. The third-order valence-corrected chi connectivity index (χ3v) is 6.12. The molecule has 4 aromatic rings. The van der Waals surface area contributed by atoms with E-state index in [0.717, 1.165) is 52.9 Å². The molecule has 0 aliphatic carbocycles. The predicted octanol–water partition coefficient (Wildman–Crippen LogP) is 5.93. The number of aryl methyl sites for hydroxylation is 1. The molecule has 0 amide bonds. The fraction of sp³-hybridized carbons (Fsp3) is 0.480. The molecule has 31 heavy (non-hydrogen) atoms. The largest absolute Gasteiger partial charge is 0.424 e. The number of imidazole rings is 1. The van der Waals surface area contributed by atoms with Crippen LogP contribution in [0.3, 0.4) is 0 Å². The Hall–Kier alpha value is -2.89. The van der Waals surface area contributed by atoms with Crippen molar-refractivity contribution in [3.05, 3.63) is 36.3 Å². The van der Waals surface area contributed by atoms with E-state index >= 15 is 0 Å². The lowest BCUT2D eigenvalue weighted by Crippen LogP contribution is -2.11. The van der Waals surface area contributed by atoms with E-state index in [0.29, 0.717) is 18.1 Å². The maximum absolute atomic E-state index is 12.2. The van der Waals surface area contributed by atoms with E-state index in [2.05, 4.69) is 35.8 Å². The fourth-order valence-electron chi connectivity index (χ4n) is 4.32. The minimum absolute atomic E-state index is 0.245. The van der Waals surface area contributed by atoms with Crippen LogP contribution >= 0.6 is 0 Å². The number of carbonyl (C=O) groups is 1. The highest BCUT2D eigenvalue weighted by atomic mass is 16.5. The van der Waals surface area contributed by atoms with Crippen molar-refractivity contribution in [3.8, 4) is 5.75 Å². The molecule has 4 rings (SSSR count). The van der Waals surface area contributed by atoms with Crippen LogP contribution in [0.2, 0.25) is 0 Å². The van der Waals surface area contributed by atoms with Crippen LogP contribution in [0.25, 0.3) is 27.7 Å². The highest BCUT2D eigenvalue weighted by molar-refractivity contribution is 6.00. The fourth-order valence-corrected chi connectivity index (χ4v) is 4.32. The van der Waals surface area contributed by atoms with Crippen LogP contribution in [-0.4, -0.2) is 24.9 Å². The minimum atomic E-state index is -0.245. The lowest BCUT2D eigenvalue weighted by atomic mass is 9.99. The Bertz CT molecular complexity index is 1220. The highest BCUT2D eigenvalue weighted by Gasteiger charge is 2.22. The summed E-state index contributed by atoms with van der Waals surface area (Å²) in [7, 11) is 0. The van der Waals surface area contributed by atoms with Gasteiger partial charge in [0.1, 0.15) is 16.9 Å². The van der Waals surface area contributed by atoms with E-state index in [9.17, 15) is 4.79 Å². The van der Waals surface area contributed by atoms with Crippen molar-refractivity contribution < 1.29 is 9.53 Å². The van der Waals surface area contributed by atoms with Gasteiger partial charge in [0.15, 0.2) is 11.4 Å². The van der Waals surface area contributed by atoms with Crippen LogP contribution in [0, 0.1) is 5.92 Å². The van der Waals surface area contributed by atoms with Crippen molar-refractivity contribution in [1.82, 2.24) is 18.9 Å². The summed E-state index contributed by atoms with van der Waals surface area (Å²) < 4.78 is 10.1. The molecule has 3 heterocycles. The number of fused-ring (bicyclic) bond motifs is 5. The molecule has 1 atom stereocenters. The van der Waals surface area contributed by atoms with Crippen LogP contribution in [0.4, 0.5) is 0 Å². The maximum atomic E-state index is 12.2. The average molecular weight is 421 g/mol. The number of aromatic nitrogens is 4. The summed E-state index contributed by atoms with van der Waals surface area (Å²) in [5.74, 6) is 1.84. The molecule has 0 aliphatic heterocycles. The van der Waals surface area contributed by atoms with Crippen molar-refractivity contribution >= 4 is 33.7 Å².